The highest BCUT2D eigenvalue weighted by molar-refractivity contribution is 7.89. The van der Waals surface area contributed by atoms with Gasteiger partial charge in [-0.05, 0) is 44.2 Å². The molecule has 152 valence electrons. The van der Waals surface area contributed by atoms with Crippen molar-refractivity contribution in [2.45, 2.75) is 58.7 Å². The summed E-state index contributed by atoms with van der Waals surface area (Å²) in [7, 11) is -3.56. The number of sulfonamides is 1. The van der Waals surface area contributed by atoms with E-state index in [0.29, 0.717) is 30.9 Å². The van der Waals surface area contributed by atoms with E-state index in [2.05, 4.69) is 19.2 Å². The fourth-order valence-corrected chi connectivity index (χ4v) is 5.37. The first-order valence-electron chi connectivity index (χ1n) is 9.69. The molecule has 0 saturated carbocycles. The normalized spacial score (nSPS) is 23.7. The Morgan fingerprint density at radius 2 is 2.00 bits per heavy atom. The van der Waals surface area contributed by atoms with Gasteiger partial charge in [0.1, 0.15) is 5.72 Å². The number of nitrogens with zero attached hydrogens (tertiary/aromatic N) is 1. The van der Waals surface area contributed by atoms with Crippen LogP contribution in [0.1, 0.15) is 57.3 Å². The summed E-state index contributed by atoms with van der Waals surface area (Å²) in [4.78, 5) is 12.1. The average Bonchev–Trinajstić information content (AvgIpc) is 2.98. The van der Waals surface area contributed by atoms with Crippen LogP contribution >= 0.6 is 0 Å². The molecule has 0 bridgehead atoms. The topological polar surface area (TPSA) is 75.7 Å². The zero-order chi connectivity index (χ0) is 20.1. The van der Waals surface area contributed by atoms with Crippen molar-refractivity contribution in [2.75, 3.05) is 18.9 Å². The minimum atomic E-state index is -3.56. The van der Waals surface area contributed by atoms with Gasteiger partial charge >= 0.3 is 0 Å². The molecule has 1 aromatic rings. The van der Waals surface area contributed by atoms with Crippen LogP contribution in [0, 0.1) is 5.92 Å². The van der Waals surface area contributed by atoms with E-state index in [0.717, 1.165) is 6.42 Å². The van der Waals surface area contributed by atoms with Crippen molar-refractivity contribution < 1.29 is 17.9 Å². The van der Waals surface area contributed by atoms with Crippen LogP contribution in [0.5, 0.6) is 0 Å². The standard InChI is InChI=1S/C20H32N2O4S/c1-5-18-15-26-20(4,12-11-16(2)3)22(18)27(24,25)14-13-21-19(23)17-9-7-6-8-10-17/h6-10,16,18H,5,11-15H2,1-4H3,(H,21,23)/t18-,20-/m0/s1. The summed E-state index contributed by atoms with van der Waals surface area (Å²) >= 11 is 0. The molecule has 27 heavy (non-hydrogen) atoms. The summed E-state index contributed by atoms with van der Waals surface area (Å²) in [5.41, 5.74) is -0.291. The van der Waals surface area contributed by atoms with Gasteiger partial charge in [-0.3, -0.25) is 4.79 Å². The van der Waals surface area contributed by atoms with E-state index < -0.39 is 15.7 Å². The van der Waals surface area contributed by atoms with Gasteiger partial charge in [0.25, 0.3) is 5.91 Å². The molecule has 1 amide bonds. The van der Waals surface area contributed by atoms with Crippen LogP contribution in [-0.2, 0) is 14.8 Å². The molecule has 1 aliphatic heterocycles. The summed E-state index contributed by atoms with van der Waals surface area (Å²) in [6.45, 7) is 8.57. The fourth-order valence-electron chi connectivity index (χ4n) is 3.42. The summed E-state index contributed by atoms with van der Waals surface area (Å²) < 4.78 is 33.7. The molecule has 6 nitrogen and oxygen atoms in total. The Morgan fingerprint density at radius 1 is 1.33 bits per heavy atom. The summed E-state index contributed by atoms with van der Waals surface area (Å²) in [5, 5.41) is 2.70. The third-order valence-corrected chi connectivity index (χ3v) is 7.03. The molecular weight excluding hydrogens is 364 g/mol. The largest absolute Gasteiger partial charge is 0.358 e. The molecule has 0 spiro atoms. The number of ether oxygens (including phenoxy) is 1. The molecule has 0 unspecified atom stereocenters. The number of hydrogen-bond donors (Lipinski definition) is 1. The predicted octanol–water partition coefficient (Wildman–Crippen LogP) is 3.01. The quantitative estimate of drug-likeness (QED) is 0.696. The minimum absolute atomic E-state index is 0.0727. The fraction of sp³-hybridized carbons (Fsp3) is 0.650. The van der Waals surface area contributed by atoms with E-state index in [-0.39, 0.29) is 24.2 Å². The summed E-state index contributed by atoms with van der Waals surface area (Å²) in [6, 6.07) is 8.63. The number of amides is 1. The maximum absolute atomic E-state index is 13.1. The molecule has 1 heterocycles. The monoisotopic (exact) mass is 396 g/mol. The number of benzene rings is 1. The Morgan fingerprint density at radius 3 is 2.59 bits per heavy atom. The second kappa shape index (κ2) is 9.17. The molecule has 0 aromatic heterocycles. The highest BCUT2D eigenvalue weighted by Crippen LogP contribution is 2.36. The van der Waals surface area contributed by atoms with Gasteiger partial charge in [-0.15, -0.1) is 0 Å². The molecule has 1 aliphatic rings. The second-order valence-corrected chi connectivity index (χ2v) is 9.68. The number of rotatable bonds is 9. The second-order valence-electron chi connectivity index (χ2n) is 7.71. The molecule has 1 saturated heterocycles. The van der Waals surface area contributed by atoms with Gasteiger partial charge < -0.3 is 10.1 Å². The Balaban J connectivity index is 2.04. The molecule has 0 radical (unpaired) electrons. The van der Waals surface area contributed by atoms with Crippen LogP contribution in [0.3, 0.4) is 0 Å². The van der Waals surface area contributed by atoms with Crippen LogP contribution < -0.4 is 5.32 Å². The number of carbonyl (C=O) groups excluding carboxylic acids is 1. The smallest absolute Gasteiger partial charge is 0.251 e. The zero-order valence-corrected chi connectivity index (χ0v) is 17.6. The van der Waals surface area contributed by atoms with E-state index in [9.17, 15) is 13.2 Å². The van der Waals surface area contributed by atoms with Crippen LogP contribution in [0.25, 0.3) is 0 Å². The van der Waals surface area contributed by atoms with E-state index in [4.69, 9.17) is 4.74 Å². The van der Waals surface area contributed by atoms with E-state index >= 15 is 0 Å². The average molecular weight is 397 g/mol. The lowest BCUT2D eigenvalue weighted by Crippen LogP contribution is -2.51. The number of carbonyl (C=O) groups is 1. The minimum Gasteiger partial charge on any atom is -0.358 e. The van der Waals surface area contributed by atoms with Gasteiger partial charge in [0.2, 0.25) is 10.0 Å². The van der Waals surface area contributed by atoms with E-state index in [1.807, 2.05) is 19.9 Å². The van der Waals surface area contributed by atoms with Gasteiger partial charge in [0.05, 0.1) is 18.4 Å². The molecule has 0 aliphatic carbocycles. The van der Waals surface area contributed by atoms with Crippen molar-refractivity contribution in [3.63, 3.8) is 0 Å². The third-order valence-electron chi connectivity index (χ3n) is 5.02. The van der Waals surface area contributed by atoms with Crippen LogP contribution in [0.4, 0.5) is 0 Å². The predicted molar refractivity (Wildman–Crippen MR) is 107 cm³/mol. The zero-order valence-electron chi connectivity index (χ0n) is 16.8. The van der Waals surface area contributed by atoms with Crippen molar-refractivity contribution >= 4 is 15.9 Å². The first-order valence-corrected chi connectivity index (χ1v) is 11.3. The lowest BCUT2D eigenvalue weighted by atomic mass is 10.0. The van der Waals surface area contributed by atoms with E-state index in [1.165, 1.54) is 0 Å². The summed E-state index contributed by atoms with van der Waals surface area (Å²) in [6.07, 6.45) is 2.26. The molecule has 1 aromatic carbocycles. The van der Waals surface area contributed by atoms with Crippen LogP contribution in [0.2, 0.25) is 0 Å². The SMILES string of the molecule is CC[C@H]1CO[C@@](C)(CCC(C)C)N1S(=O)(=O)CCNC(=O)c1ccccc1. The third kappa shape index (κ3) is 5.53. The first-order chi connectivity index (χ1) is 12.7. The first kappa shape index (κ1) is 21.9. The van der Waals surface area contributed by atoms with Crippen molar-refractivity contribution in [1.29, 1.82) is 0 Å². The van der Waals surface area contributed by atoms with Crippen molar-refractivity contribution in [2.24, 2.45) is 5.92 Å². The van der Waals surface area contributed by atoms with Gasteiger partial charge in [0.15, 0.2) is 0 Å². The molecule has 1 N–H and O–H groups in total. The lowest BCUT2D eigenvalue weighted by molar-refractivity contribution is -0.0433. The van der Waals surface area contributed by atoms with E-state index in [1.54, 1.807) is 28.6 Å². The molecule has 7 heteroatoms. The van der Waals surface area contributed by atoms with Crippen molar-refractivity contribution in [1.82, 2.24) is 9.62 Å². The molecular formula is C20H32N2O4S. The van der Waals surface area contributed by atoms with Crippen molar-refractivity contribution in [3.05, 3.63) is 35.9 Å². The Kier molecular flexibility index (Phi) is 7.42. The maximum Gasteiger partial charge on any atom is 0.251 e. The lowest BCUT2D eigenvalue weighted by Gasteiger charge is -2.36. The number of hydrogen-bond acceptors (Lipinski definition) is 4. The van der Waals surface area contributed by atoms with Gasteiger partial charge in [0, 0.05) is 12.1 Å². The van der Waals surface area contributed by atoms with Crippen molar-refractivity contribution in [3.8, 4) is 0 Å². The Hall–Kier alpha value is -1.44. The van der Waals surface area contributed by atoms with Crippen LogP contribution in [0.15, 0.2) is 30.3 Å². The van der Waals surface area contributed by atoms with Gasteiger partial charge in [-0.25, -0.2) is 8.42 Å². The Labute approximate surface area is 163 Å². The summed E-state index contributed by atoms with van der Waals surface area (Å²) in [5.74, 6) is 0.0711. The molecule has 2 atom stereocenters. The highest BCUT2D eigenvalue weighted by atomic mass is 32.2. The number of nitrogens with one attached hydrogen (secondary N) is 1. The maximum atomic E-state index is 13.1. The molecule has 2 rings (SSSR count). The highest BCUT2D eigenvalue weighted by Gasteiger charge is 2.49. The Bertz CT molecular complexity index is 721. The van der Waals surface area contributed by atoms with Gasteiger partial charge in [-0.1, -0.05) is 39.0 Å². The van der Waals surface area contributed by atoms with Gasteiger partial charge in [-0.2, -0.15) is 4.31 Å². The molecule has 1 fully saturated rings. The van der Waals surface area contributed by atoms with Crippen LogP contribution in [-0.4, -0.2) is 49.3 Å².